The van der Waals surface area contributed by atoms with Crippen LogP contribution in [0.1, 0.15) is 64.6 Å². The van der Waals surface area contributed by atoms with Crippen LogP contribution in [0.25, 0.3) is 0 Å². The van der Waals surface area contributed by atoms with Gasteiger partial charge in [-0.25, -0.2) is 4.99 Å². The zero-order chi connectivity index (χ0) is 26.6. The molecule has 38 heavy (non-hydrogen) atoms. The van der Waals surface area contributed by atoms with Crippen LogP contribution in [0.15, 0.2) is 71.4 Å². The summed E-state index contributed by atoms with van der Waals surface area (Å²) in [7, 11) is 3.38. The van der Waals surface area contributed by atoms with Gasteiger partial charge in [0.1, 0.15) is 11.6 Å². The fraction of sp³-hybridized carbons (Fsp3) is 0.367. The molecular weight excluding hydrogens is 482 g/mol. The number of allylic oxidation sites excluding steroid dienone is 1. The summed E-state index contributed by atoms with van der Waals surface area (Å²) in [4.78, 5) is 33.6. The molecule has 2 aromatic carbocycles. The van der Waals surface area contributed by atoms with Gasteiger partial charge in [-0.15, -0.1) is 0 Å². The van der Waals surface area contributed by atoms with Crippen molar-refractivity contribution < 1.29 is 24.2 Å². The number of aliphatic hydroxyl groups excluding tert-OH is 1. The topological polar surface area (TPSA) is 91.7 Å². The van der Waals surface area contributed by atoms with Crippen LogP contribution < -0.4 is 4.74 Å². The summed E-state index contributed by atoms with van der Waals surface area (Å²) in [6.45, 7) is 0.330. The van der Waals surface area contributed by atoms with Gasteiger partial charge in [0.15, 0.2) is 12.5 Å². The van der Waals surface area contributed by atoms with Crippen LogP contribution >= 0.6 is 0 Å². The Hall–Kier alpha value is -3.75. The molecule has 2 aliphatic carbocycles. The maximum Gasteiger partial charge on any atom is 0.258 e. The lowest BCUT2D eigenvalue weighted by atomic mass is 9.96. The Balaban J connectivity index is 1.38. The van der Waals surface area contributed by atoms with E-state index in [0.717, 1.165) is 30.5 Å². The highest BCUT2D eigenvalue weighted by Gasteiger charge is 2.32. The average molecular weight is 516 g/mol. The first-order chi connectivity index (χ1) is 18.5. The molecule has 2 aromatic rings. The molecule has 1 N–H and O–H groups in total. The van der Waals surface area contributed by atoms with E-state index in [1.54, 1.807) is 37.3 Å². The standard InChI is InChI=1S/C30H33N3O5/c1-32(30(36)28-20(19-34)7-5-12-26(28)38-23-8-6-9-23)18-17-27-31-25-11-4-3-10-24(25)29(35)33(27)21-13-15-22(37-2)16-14-21/h3-5,7,10-15,19,22-23,29,35H,6,8-9,16-18H2,1-2H3. The Bertz CT molecular complexity index is 1300. The number of carbonyl (C=O) groups is 2. The number of nitrogens with zero attached hydrogens (tertiary/aromatic N) is 3. The van der Waals surface area contributed by atoms with Gasteiger partial charge < -0.3 is 19.5 Å². The summed E-state index contributed by atoms with van der Waals surface area (Å²) < 4.78 is 11.5. The molecule has 1 heterocycles. The lowest BCUT2D eigenvalue weighted by molar-refractivity contribution is 0.0696. The Kier molecular flexibility index (Phi) is 7.72. The molecule has 3 aliphatic rings. The molecule has 1 amide bonds. The third-order valence-electron chi connectivity index (χ3n) is 7.37. The quantitative estimate of drug-likeness (QED) is 0.483. The van der Waals surface area contributed by atoms with Crippen molar-refractivity contribution >= 4 is 23.7 Å². The molecule has 8 heteroatoms. The molecule has 0 spiro atoms. The molecule has 8 nitrogen and oxygen atoms in total. The van der Waals surface area contributed by atoms with E-state index in [1.165, 1.54) is 0 Å². The minimum atomic E-state index is -0.909. The number of amides is 1. The number of para-hydroxylation sites is 1. The number of fused-ring (bicyclic) bond motifs is 1. The monoisotopic (exact) mass is 515 g/mol. The number of rotatable bonds is 9. The molecule has 0 radical (unpaired) electrons. The van der Waals surface area contributed by atoms with Crippen molar-refractivity contribution in [2.45, 2.75) is 50.5 Å². The number of ether oxygens (including phenoxy) is 2. The van der Waals surface area contributed by atoms with Crippen LogP contribution in [0.5, 0.6) is 5.75 Å². The first-order valence-electron chi connectivity index (χ1n) is 13.1. The van der Waals surface area contributed by atoms with Gasteiger partial charge in [-0.05, 0) is 43.9 Å². The zero-order valence-corrected chi connectivity index (χ0v) is 21.7. The molecule has 0 saturated heterocycles. The van der Waals surface area contributed by atoms with Gasteiger partial charge in [-0.1, -0.05) is 42.5 Å². The highest BCUT2D eigenvalue weighted by Crippen LogP contribution is 2.37. The van der Waals surface area contributed by atoms with E-state index in [4.69, 9.17) is 14.5 Å². The maximum absolute atomic E-state index is 13.6. The molecule has 1 saturated carbocycles. The number of carbonyl (C=O) groups excluding carboxylic acids is 2. The Morgan fingerprint density at radius 1 is 1.21 bits per heavy atom. The Morgan fingerprint density at radius 3 is 2.71 bits per heavy atom. The predicted molar refractivity (Wildman–Crippen MR) is 145 cm³/mol. The van der Waals surface area contributed by atoms with Crippen LogP contribution in [0.4, 0.5) is 5.69 Å². The van der Waals surface area contributed by atoms with Gasteiger partial charge in [-0.3, -0.25) is 14.5 Å². The van der Waals surface area contributed by atoms with Crippen molar-refractivity contribution in [1.82, 2.24) is 9.80 Å². The van der Waals surface area contributed by atoms with E-state index in [2.05, 4.69) is 0 Å². The molecule has 1 aliphatic heterocycles. The van der Waals surface area contributed by atoms with Gasteiger partial charge in [0, 0.05) is 43.9 Å². The number of benzene rings is 2. The van der Waals surface area contributed by atoms with Crippen LogP contribution in [-0.4, -0.2) is 65.8 Å². The number of aliphatic imine (C=N–C) groups is 1. The first-order valence-corrected chi connectivity index (χ1v) is 13.1. The van der Waals surface area contributed by atoms with E-state index >= 15 is 0 Å². The van der Waals surface area contributed by atoms with E-state index in [9.17, 15) is 14.7 Å². The van der Waals surface area contributed by atoms with Crippen molar-refractivity contribution in [2.24, 2.45) is 4.99 Å². The lowest BCUT2D eigenvalue weighted by Gasteiger charge is -2.37. The van der Waals surface area contributed by atoms with Crippen molar-refractivity contribution in [3.05, 3.63) is 83.1 Å². The van der Waals surface area contributed by atoms with E-state index < -0.39 is 6.23 Å². The molecule has 5 rings (SSSR count). The minimum absolute atomic E-state index is 0.00801. The number of aliphatic hydroxyl groups is 1. The normalized spacial score (nSPS) is 20.7. The fourth-order valence-corrected chi connectivity index (χ4v) is 4.89. The number of hydrogen-bond donors (Lipinski definition) is 1. The highest BCUT2D eigenvalue weighted by atomic mass is 16.5. The van der Waals surface area contributed by atoms with Crippen molar-refractivity contribution in [2.75, 3.05) is 20.7 Å². The second-order valence-electron chi connectivity index (χ2n) is 9.81. The second-order valence-corrected chi connectivity index (χ2v) is 9.81. The molecule has 198 valence electrons. The number of methoxy groups -OCH3 is 1. The van der Waals surface area contributed by atoms with Crippen LogP contribution in [0.3, 0.4) is 0 Å². The summed E-state index contributed by atoms with van der Waals surface area (Å²) >= 11 is 0. The van der Waals surface area contributed by atoms with Gasteiger partial charge in [0.25, 0.3) is 5.91 Å². The lowest BCUT2D eigenvalue weighted by Crippen LogP contribution is -2.39. The fourth-order valence-electron chi connectivity index (χ4n) is 4.89. The summed E-state index contributed by atoms with van der Waals surface area (Å²) in [6, 6.07) is 12.6. The molecule has 2 unspecified atom stereocenters. The van der Waals surface area contributed by atoms with Gasteiger partial charge in [-0.2, -0.15) is 0 Å². The van der Waals surface area contributed by atoms with Crippen LogP contribution in [0.2, 0.25) is 0 Å². The predicted octanol–water partition coefficient (Wildman–Crippen LogP) is 4.79. The van der Waals surface area contributed by atoms with Gasteiger partial charge >= 0.3 is 0 Å². The molecule has 0 aromatic heterocycles. The average Bonchev–Trinajstić information content (AvgIpc) is 2.93. The van der Waals surface area contributed by atoms with Crippen LogP contribution in [-0.2, 0) is 4.74 Å². The molecule has 0 bridgehead atoms. The summed E-state index contributed by atoms with van der Waals surface area (Å²) in [5, 5.41) is 11.3. The Morgan fingerprint density at radius 2 is 2.03 bits per heavy atom. The van der Waals surface area contributed by atoms with Crippen molar-refractivity contribution in [3.63, 3.8) is 0 Å². The third-order valence-corrected chi connectivity index (χ3v) is 7.37. The summed E-state index contributed by atoms with van der Waals surface area (Å²) in [5.41, 5.74) is 2.85. The Labute approximate surface area is 222 Å². The van der Waals surface area contributed by atoms with Gasteiger partial charge in [0.05, 0.1) is 23.5 Å². The maximum atomic E-state index is 13.6. The molecule has 1 fully saturated rings. The molecular formula is C30H33N3O5. The van der Waals surface area contributed by atoms with Crippen LogP contribution in [0, 0.1) is 0 Å². The highest BCUT2D eigenvalue weighted by molar-refractivity contribution is 6.04. The number of amidine groups is 1. The largest absolute Gasteiger partial charge is 0.490 e. The smallest absolute Gasteiger partial charge is 0.258 e. The molecule has 2 atom stereocenters. The van der Waals surface area contributed by atoms with Crippen molar-refractivity contribution in [1.29, 1.82) is 0 Å². The van der Waals surface area contributed by atoms with E-state index in [-0.39, 0.29) is 23.7 Å². The summed E-state index contributed by atoms with van der Waals surface area (Å²) in [5.74, 6) is 0.810. The SMILES string of the molecule is COC1C=CC(N2C(CCN(C)C(=O)c3c(C=O)cccc3OC3CCC3)=Nc3ccccc3C2O)=CC1. The van der Waals surface area contributed by atoms with E-state index in [0.29, 0.717) is 48.5 Å². The number of aldehydes is 1. The van der Waals surface area contributed by atoms with Gasteiger partial charge in [0.2, 0.25) is 0 Å². The van der Waals surface area contributed by atoms with E-state index in [1.807, 2.05) is 47.4 Å². The van der Waals surface area contributed by atoms with Crippen molar-refractivity contribution in [3.8, 4) is 5.75 Å². The second kappa shape index (κ2) is 11.3. The zero-order valence-electron chi connectivity index (χ0n) is 21.7. The minimum Gasteiger partial charge on any atom is -0.490 e. The first kappa shape index (κ1) is 25.9. The summed E-state index contributed by atoms with van der Waals surface area (Å²) in [6.07, 6.45) is 9.87. The number of hydrogen-bond acceptors (Lipinski definition) is 7. The third kappa shape index (κ3) is 5.14.